The van der Waals surface area contributed by atoms with Gasteiger partial charge in [-0.1, -0.05) is 0 Å². The average molecular weight is 230 g/mol. The highest BCUT2D eigenvalue weighted by molar-refractivity contribution is 14.1. The molecule has 1 aliphatic rings. The third kappa shape index (κ3) is 1.11. The Labute approximate surface area is 61.7 Å². The van der Waals surface area contributed by atoms with Crippen molar-refractivity contribution in [3.8, 4) is 0 Å². The van der Waals surface area contributed by atoms with Crippen molar-refractivity contribution in [3.05, 3.63) is 0 Å². The highest BCUT2D eigenvalue weighted by Crippen LogP contribution is 2.26. The molecule has 1 saturated heterocycles. The Hall–Kier alpha value is 0.580. The first-order valence-corrected chi connectivity index (χ1v) is 3.42. The fraction of sp³-hybridized carbons (Fsp3) is 1.00. The normalized spacial score (nSPS) is 27.4. The molecule has 0 atom stereocenters. The molecule has 8 heavy (non-hydrogen) atoms. The first kappa shape index (κ1) is 6.70. The number of rotatable bonds is 1. The Morgan fingerprint density at radius 1 is 1.75 bits per heavy atom. The number of hydrogen-bond acceptors (Lipinski definition) is 2. The summed E-state index contributed by atoms with van der Waals surface area (Å²) in [5, 5.41) is 0. The Morgan fingerprint density at radius 2 is 2.25 bits per heavy atom. The van der Waals surface area contributed by atoms with Crippen LogP contribution in [0.25, 0.3) is 0 Å². The fourth-order valence-electron chi connectivity index (χ4n) is 0.698. The van der Waals surface area contributed by atoms with E-state index in [0.717, 1.165) is 0 Å². The lowest BCUT2D eigenvalue weighted by Gasteiger charge is -2.39. The molecule has 1 heterocycles. The van der Waals surface area contributed by atoms with E-state index in [-0.39, 0.29) is 6.54 Å². The van der Waals surface area contributed by atoms with Crippen LogP contribution in [0.5, 0.6) is 0 Å². The van der Waals surface area contributed by atoms with Crippen molar-refractivity contribution >= 4 is 22.9 Å². The highest BCUT2D eigenvalue weighted by Gasteiger charge is 2.40. The predicted molar refractivity (Wildman–Crippen MR) is 38.5 cm³/mol. The molecular weight excluding hydrogens is 222 g/mol. The summed E-state index contributed by atoms with van der Waals surface area (Å²) in [4.78, 5) is 0. The van der Waals surface area contributed by atoms with Crippen LogP contribution in [0.1, 0.15) is 0 Å². The van der Waals surface area contributed by atoms with Gasteiger partial charge in [-0.15, -0.1) is 0 Å². The number of hydrogen-bond donors (Lipinski definition) is 1. The molecule has 0 spiro atoms. The van der Waals surface area contributed by atoms with Gasteiger partial charge >= 0.3 is 0 Å². The van der Waals surface area contributed by atoms with Gasteiger partial charge in [0.2, 0.25) is 0 Å². The zero-order valence-corrected chi connectivity index (χ0v) is 6.56. The van der Waals surface area contributed by atoms with Crippen molar-refractivity contribution in [1.29, 1.82) is 0 Å². The van der Waals surface area contributed by atoms with Crippen LogP contribution < -0.4 is 5.73 Å². The minimum absolute atomic E-state index is 0.159. The topological polar surface area (TPSA) is 29.3 Å². The van der Waals surface area contributed by atoms with E-state index in [0.29, 0.717) is 13.1 Å². The van der Waals surface area contributed by atoms with E-state index in [1.807, 2.05) is 3.11 Å². The summed E-state index contributed by atoms with van der Waals surface area (Å²) in [6.45, 7) is 1.14. The summed E-state index contributed by atoms with van der Waals surface area (Å²) in [6.07, 6.45) is 0. The number of alkyl halides is 1. The molecule has 0 aliphatic carbocycles. The summed E-state index contributed by atoms with van der Waals surface area (Å²) in [5.74, 6) is 0. The number of halogens is 2. The molecule has 0 aromatic rings. The molecule has 0 aromatic carbocycles. The second kappa shape index (κ2) is 2.07. The molecule has 48 valence electrons. The molecule has 2 N–H and O–H groups in total. The van der Waals surface area contributed by atoms with Crippen molar-refractivity contribution in [2.24, 2.45) is 5.73 Å². The average Bonchev–Trinajstić information content (AvgIpc) is 1.63. The Morgan fingerprint density at radius 3 is 2.38 bits per heavy atom. The fourth-order valence-corrected chi connectivity index (χ4v) is 1.92. The summed E-state index contributed by atoms with van der Waals surface area (Å²) < 4.78 is 14.6. The van der Waals surface area contributed by atoms with E-state index < -0.39 is 5.67 Å². The van der Waals surface area contributed by atoms with Crippen molar-refractivity contribution in [3.63, 3.8) is 0 Å². The Kier molecular flexibility index (Phi) is 1.74. The van der Waals surface area contributed by atoms with E-state index in [1.54, 1.807) is 0 Å². The number of nitrogens with zero attached hydrogens (tertiary/aromatic N) is 1. The van der Waals surface area contributed by atoms with Crippen molar-refractivity contribution in [2.45, 2.75) is 5.67 Å². The highest BCUT2D eigenvalue weighted by atomic mass is 127. The Bertz CT molecular complexity index is 92.0. The molecule has 4 heteroatoms. The maximum atomic E-state index is 12.7. The first-order valence-electron chi connectivity index (χ1n) is 2.46. The SMILES string of the molecule is NCC1(F)CN(I)C1. The van der Waals surface area contributed by atoms with Gasteiger partial charge in [0.15, 0.2) is 0 Å². The quantitative estimate of drug-likeness (QED) is 0.519. The molecule has 1 rings (SSSR count). The lowest BCUT2D eigenvalue weighted by molar-refractivity contribution is 0.0489. The van der Waals surface area contributed by atoms with E-state index in [2.05, 4.69) is 22.9 Å². The van der Waals surface area contributed by atoms with Gasteiger partial charge in [-0.05, 0) is 0 Å². The minimum atomic E-state index is -1.07. The molecule has 0 aromatic heterocycles. The van der Waals surface area contributed by atoms with E-state index >= 15 is 0 Å². The van der Waals surface area contributed by atoms with Gasteiger partial charge in [0.05, 0.1) is 0 Å². The van der Waals surface area contributed by atoms with Gasteiger partial charge in [0, 0.05) is 42.5 Å². The standard InChI is InChI=1S/C4H8FIN2/c5-4(1-7)2-8(6)3-4/h1-3,7H2. The molecule has 0 amide bonds. The first-order chi connectivity index (χ1) is 3.66. The lowest BCUT2D eigenvalue weighted by atomic mass is 10.0. The maximum Gasteiger partial charge on any atom is 0.149 e. The largest absolute Gasteiger partial charge is 0.327 e. The van der Waals surface area contributed by atoms with Crippen LogP contribution in [0.4, 0.5) is 4.39 Å². The summed E-state index contributed by atoms with van der Waals surface area (Å²) in [7, 11) is 0. The van der Waals surface area contributed by atoms with Gasteiger partial charge in [0.25, 0.3) is 0 Å². The summed E-state index contributed by atoms with van der Waals surface area (Å²) in [6, 6.07) is 0. The Balaban J connectivity index is 2.30. The van der Waals surface area contributed by atoms with Crippen LogP contribution in [0.3, 0.4) is 0 Å². The zero-order valence-electron chi connectivity index (χ0n) is 4.40. The summed E-state index contributed by atoms with van der Waals surface area (Å²) >= 11 is 2.08. The zero-order chi connectivity index (χ0) is 6.20. The van der Waals surface area contributed by atoms with Gasteiger partial charge in [0.1, 0.15) is 5.67 Å². The van der Waals surface area contributed by atoms with Crippen LogP contribution in [0.15, 0.2) is 0 Å². The van der Waals surface area contributed by atoms with Crippen molar-refractivity contribution < 1.29 is 4.39 Å². The van der Waals surface area contributed by atoms with Crippen molar-refractivity contribution in [1.82, 2.24) is 3.11 Å². The molecular formula is C4H8FIN2. The molecule has 0 saturated carbocycles. The van der Waals surface area contributed by atoms with Crippen LogP contribution in [-0.4, -0.2) is 28.4 Å². The molecule has 1 aliphatic heterocycles. The van der Waals surface area contributed by atoms with Crippen LogP contribution in [0, 0.1) is 0 Å². The van der Waals surface area contributed by atoms with Gasteiger partial charge in [-0.2, -0.15) is 0 Å². The second-order valence-corrected chi connectivity index (χ2v) is 3.50. The second-order valence-electron chi connectivity index (χ2n) is 2.13. The van der Waals surface area contributed by atoms with E-state index in [9.17, 15) is 4.39 Å². The molecule has 0 radical (unpaired) electrons. The van der Waals surface area contributed by atoms with E-state index in [4.69, 9.17) is 5.73 Å². The van der Waals surface area contributed by atoms with Gasteiger partial charge in [-0.25, -0.2) is 7.50 Å². The van der Waals surface area contributed by atoms with Gasteiger partial charge < -0.3 is 5.73 Å². The third-order valence-corrected chi connectivity index (χ3v) is 1.96. The van der Waals surface area contributed by atoms with E-state index in [1.165, 1.54) is 0 Å². The minimum Gasteiger partial charge on any atom is -0.327 e. The van der Waals surface area contributed by atoms with Crippen LogP contribution in [0.2, 0.25) is 0 Å². The predicted octanol–water partition coefficient (Wildman–Crippen LogP) is 0.319. The molecule has 1 fully saturated rings. The molecule has 0 unspecified atom stereocenters. The molecule has 0 bridgehead atoms. The molecule has 2 nitrogen and oxygen atoms in total. The smallest absolute Gasteiger partial charge is 0.149 e. The van der Waals surface area contributed by atoms with Gasteiger partial charge in [-0.3, -0.25) is 0 Å². The summed E-state index contributed by atoms with van der Waals surface area (Å²) in [5.41, 5.74) is 4.06. The lowest BCUT2D eigenvalue weighted by Crippen LogP contribution is -2.58. The number of nitrogens with two attached hydrogens (primary N) is 1. The van der Waals surface area contributed by atoms with Crippen LogP contribution in [-0.2, 0) is 0 Å². The maximum absolute atomic E-state index is 12.7. The van der Waals surface area contributed by atoms with Crippen molar-refractivity contribution in [2.75, 3.05) is 19.6 Å². The van der Waals surface area contributed by atoms with Crippen LogP contribution >= 0.6 is 22.9 Å². The third-order valence-electron chi connectivity index (χ3n) is 1.28. The monoisotopic (exact) mass is 230 g/mol.